The summed E-state index contributed by atoms with van der Waals surface area (Å²) in [5.74, 6) is 1.60. The van der Waals surface area contributed by atoms with E-state index in [1.54, 1.807) is 5.82 Å². The molecule has 0 unspecified atom stereocenters. The zero-order valence-electron chi connectivity index (χ0n) is 19.7. The summed E-state index contributed by atoms with van der Waals surface area (Å²) in [6, 6.07) is 0. The van der Waals surface area contributed by atoms with Crippen molar-refractivity contribution in [2.75, 3.05) is 0 Å². The van der Waals surface area contributed by atoms with Crippen LogP contribution in [-0.4, -0.2) is 4.57 Å². The van der Waals surface area contributed by atoms with Crippen LogP contribution < -0.4 is 4.57 Å². The average molecular weight is 392 g/mol. The van der Waals surface area contributed by atoms with Gasteiger partial charge in [0, 0.05) is 6.42 Å². The van der Waals surface area contributed by atoms with E-state index in [2.05, 4.69) is 42.3 Å². The van der Waals surface area contributed by atoms with Crippen molar-refractivity contribution in [2.45, 2.75) is 149 Å². The smallest absolute Gasteiger partial charge is 0.234 e. The maximum atomic E-state index is 2.58. The second-order valence-corrected chi connectivity index (χ2v) is 8.80. The van der Waals surface area contributed by atoms with Crippen LogP contribution in [0.15, 0.2) is 12.4 Å². The molecular formula is C26H51N2+. The first-order valence-corrected chi connectivity index (χ1v) is 12.9. The molecule has 164 valence electrons. The molecule has 0 amide bonds. The van der Waals surface area contributed by atoms with E-state index in [1.807, 2.05) is 0 Å². The van der Waals surface area contributed by atoms with Crippen molar-refractivity contribution < 1.29 is 4.57 Å². The Labute approximate surface area is 177 Å². The Bertz CT molecular complexity index is 449. The molecule has 0 bridgehead atoms. The van der Waals surface area contributed by atoms with Crippen LogP contribution in [0.3, 0.4) is 0 Å². The number of hydrogen-bond acceptors (Lipinski definition) is 0. The fourth-order valence-corrected chi connectivity index (χ4v) is 4.20. The van der Waals surface area contributed by atoms with Crippen molar-refractivity contribution in [1.29, 1.82) is 0 Å². The highest BCUT2D eigenvalue weighted by atomic mass is 15.1. The summed E-state index contributed by atoms with van der Waals surface area (Å²) in [5.41, 5.74) is 0. The molecule has 0 aromatic carbocycles. The first kappa shape index (κ1) is 25.2. The van der Waals surface area contributed by atoms with E-state index >= 15 is 0 Å². The average Bonchev–Trinajstić information content (AvgIpc) is 3.09. The molecule has 0 N–H and O–H groups in total. The van der Waals surface area contributed by atoms with Gasteiger partial charge in [0.05, 0.1) is 13.1 Å². The summed E-state index contributed by atoms with van der Waals surface area (Å²) in [5, 5.41) is 0. The van der Waals surface area contributed by atoms with E-state index in [-0.39, 0.29) is 0 Å². The number of hydrogen-bond donors (Lipinski definition) is 0. The molecule has 0 radical (unpaired) electrons. The molecule has 2 heteroatoms. The molecule has 1 aromatic rings. The lowest BCUT2D eigenvalue weighted by molar-refractivity contribution is -0.704. The number of nitrogens with zero attached hydrogens (tertiary/aromatic N) is 2. The van der Waals surface area contributed by atoms with Gasteiger partial charge in [-0.3, -0.25) is 0 Å². The molecule has 2 nitrogen and oxygen atoms in total. The standard InChI is InChI=1S/C26H51N2/c1-4-7-10-13-15-16-18-21-26-27(22-19-12-9-6-3)24-25-28(26)23-20-17-14-11-8-5-2/h24-25H,4-23H2,1-3H3/q+1. The normalized spacial score (nSPS) is 11.4. The van der Waals surface area contributed by atoms with Crippen molar-refractivity contribution in [3.63, 3.8) is 0 Å². The number of aryl methyl sites for hydroxylation is 2. The van der Waals surface area contributed by atoms with Crippen LogP contribution in [0.1, 0.15) is 136 Å². The topological polar surface area (TPSA) is 8.81 Å². The SMILES string of the molecule is CCCCCCCCCc1n(CCCCCCCC)cc[n+]1CCCCCC. The van der Waals surface area contributed by atoms with Crippen LogP contribution in [-0.2, 0) is 19.5 Å². The van der Waals surface area contributed by atoms with Gasteiger partial charge >= 0.3 is 0 Å². The number of imidazole rings is 1. The Kier molecular flexibility index (Phi) is 16.5. The maximum Gasteiger partial charge on any atom is 0.256 e. The third kappa shape index (κ3) is 11.9. The van der Waals surface area contributed by atoms with Gasteiger partial charge in [0.25, 0.3) is 5.82 Å². The quantitative estimate of drug-likeness (QED) is 0.157. The molecule has 0 aliphatic rings. The first-order valence-electron chi connectivity index (χ1n) is 12.9. The minimum absolute atomic E-state index is 1.22. The summed E-state index contributed by atoms with van der Waals surface area (Å²) in [6.07, 6.45) is 29.6. The van der Waals surface area contributed by atoms with Crippen LogP contribution in [0.5, 0.6) is 0 Å². The number of rotatable bonds is 20. The highest BCUT2D eigenvalue weighted by molar-refractivity contribution is 4.84. The molecular weight excluding hydrogens is 340 g/mol. The first-order chi connectivity index (χ1) is 13.8. The lowest BCUT2D eigenvalue weighted by Crippen LogP contribution is -2.37. The molecule has 1 rings (SSSR count). The fourth-order valence-electron chi connectivity index (χ4n) is 4.20. The Morgan fingerprint density at radius 3 is 1.71 bits per heavy atom. The van der Waals surface area contributed by atoms with E-state index < -0.39 is 0 Å². The van der Waals surface area contributed by atoms with Gasteiger partial charge in [-0.15, -0.1) is 0 Å². The molecule has 0 saturated carbocycles. The van der Waals surface area contributed by atoms with Gasteiger partial charge in [0.15, 0.2) is 0 Å². The van der Waals surface area contributed by atoms with Crippen molar-refractivity contribution in [1.82, 2.24) is 4.57 Å². The largest absolute Gasteiger partial charge is 0.256 e. The Hall–Kier alpha value is -0.790. The van der Waals surface area contributed by atoms with Crippen LogP contribution in [0.25, 0.3) is 0 Å². The minimum Gasteiger partial charge on any atom is -0.234 e. The van der Waals surface area contributed by atoms with E-state index in [0.717, 1.165) is 0 Å². The van der Waals surface area contributed by atoms with E-state index in [1.165, 1.54) is 129 Å². The second kappa shape index (κ2) is 18.3. The highest BCUT2D eigenvalue weighted by Gasteiger charge is 2.16. The van der Waals surface area contributed by atoms with Crippen LogP contribution in [0, 0.1) is 0 Å². The van der Waals surface area contributed by atoms with Crippen molar-refractivity contribution in [2.24, 2.45) is 0 Å². The predicted molar refractivity (Wildman–Crippen MR) is 124 cm³/mol. The van der Waals surface area contributed by atoms with Crippen molar-refractivity contribution in [3.8, 4) is 0 Å². The van der Waals surface area contributed by atoms with Crippen molar-refractivity contribution in [3.05, 3.63) is 18.2 Å². The zero-order chi connectivity index (χ0) is 20.3. The van der Waals surface area contributed by atoms with Crippen LogP contribution in [0.4, 0.5) is 0 Å². The molecule has 0 atom stereocenters. The third-order valence-corrected chi connectivity index (χ3v) is 6.10. The van der Waals surface area contributed by atoms with Gasteiger partial charge in [0.1, 0.15) is 12.4 Å². The van der Waals surface area contributed by atoms with Gasteiger partial charge in [0.2, 0.25) is 0 Å². The molecule has 0 spiro atoms. The van der Waals surface area contributed by atoms with Crippen molar-refractivity contribution >= 4 is 0 Å². The van der Waals surface area contributed by atoms with E-state index in [0.29, 0.717) is 0 Å². The Balaban J connectivity index is 2.43. The molecule has 0 aliphatic carbocycles. The summed E-state index contributed by atoms with van der Waals surface area (Å²) < 4.78 is 5.15. The fraction of sp³-hybridized carbons (Fsp3) is 0.885. The summed E-state index contributed by atoms with van der Waals surface area (Å²) in [6.45, 7) is 9.34. The van der Waals surface area contributed by atoms with Gasteiger partial charge in [-0.2, -0.15) is 0 Å². The minimum atomic E-state index is 1.22. The van der Waals surface area contributed by atoms with Gasteiger partial charge in [-0.25, -0.2) is 9.13 Å². The Morgan fingerprint density at radius 2 is 1.11 bits per heavy atom. The van der Waals surface area contributed by atoms with Gasteiger partial charge in [-0.05, 0) is 32.1 Å². The second-order valence-electron chi connectivity index (χ2n) is 8.80. The summed E-state index contributed by atoms with van der Waals surface area (Å²) in [7, 11) is 0. The van der Waals surface area contributed by atoms with E-state index in [9.17, 15) is 0 Å². The molecule has 0 aliphatic heterocycles. The Morgan fingerprint density at radius 1 is 0.607 bits per heavy atom. The lowest BCUT2D eigenvalue weighted by atomic mass is 10.1. The van der Waals surface area contributed by atoms with Gasteiger partial charge in [-0.1, -0.05) is 97.8 Å². The monoisotopic (exact) mass is 391 g/mol. The van der Waals surface area contributed by atoms with E-state index in [4.69, 9.17) is 0 Å². The molecule has 1 heterocycles. The van der Waals surface area contributed by atoms with Crippen LogP contribution in [0.2, 0.25) is 0 Å². The summed E-state index contributed by atoms with van der Waals surface area (Å²) >= 11 is 0. The number of unbranched alkanes of at least 4 members (excludes halogenated alkanes) is 14. The maximum absolute atomic E-state index is 2.58. The zero-order valence-corrected chi connectivity index (χ0v) is 19.7. The van der Waals surface area contributed by atoms with Crippen LogP contribution >= 0.6 is 0 Å². The molecule has 0 saturated heterocycles. The summed E-state index contributed by atoms with van der Waals surface area (Å²) in [4.78, 5) is 0. The number of aromatic nitrogens is 2. The molecule has 1 aromatic heterocycles. The highest BCUT2D eigenvalue weighted by Crippen LogP contribution is 2.12. The lowest BCUT2D eigenvalue weighted by Gasteiger charge is -2.07. The predicted octanol–water partition coefficient (Wildman–Crippen LogP) is 8.01. The van der Waals surface area contributed by atoms with Gasteiger partial charge < -0.3 is 0 Å². The third-order valence-electron chi connectivity index (χ3n) is 6.10. The molecule has 28 heavy (non-hydrogen) atoms. The molecule has 0 fully saturated rings.